The molecule has 2 aromatic carbocycles. The molecule has 0 aliphatic heterocycles. The van der Waals surface area contributed by atoms with Crippen molar-refractivity contribution in [2.24, 2.45) is 5.73 Å². The summed E-state index contributed by atoms with van der Waals surface area (Å²) >= 11 is 12.0. The molecule has 3 rings (SSSR count). The van der Waals surface area contributed by atoms with Crippen molar-refractivity contribution in [3.63, 3.8) is 0 Å². The van der Waals surface area contributed by atoms with Gasteiger partial charge in [0.2, 0.25) is 6.10 Å². The number of ether oxygens (including phenoxy) is 1. The molecule has 0 radical (unpaired) electrons. The van der Waals surface area contributed by atoms with Gasteiger partial charge in [-0.3, -0.25) is 4.79 Å². The topological polar surface area (TPSA) is 64.3 Å². The van der Waals surface area contributed by atoms with Crippen molar-refractivity contribution in [3.05, 3.63) is 64.1 Å². The molecule has 0 spiro atoms. The van der Waals surface area contributed by atoms with E-state index in [4.69, 9.17) is 33.7 Å². The maximum absolute atomic E-state index is 12.9. The Balaban J connectivity index is 0.00000261. The van der Waals surface area contributed by atoms with Crippen molar-refractivity contribution in [1.82, 2.24) is 5.32 Å². The maximum Gasteiger partial charge on any atom is 0.266 e. The minimum Gasteiger partial charge on any atom is -0.476 e. The Morgan fingerprint density at radius 2 is 1.70 bits per heavy atom. The third kappa shape index (κ3) is 6.01. The third-order valence-corrected chi connectivity index (χ3v) is 5.34. The number of halogens is 3. The van der Waals surface area contributed by atoms with Crippen molar-refractivity contribution >= 4 is 41.5 Å². The first-order valence-corrected chi connectivity index (χ1v) is 9.51. The van der Waals surface area contributed by atoms with Crippen molar-refractivity contribution in [2.45, 2.75) is 43.9 Å². The average Bonchev–Trinajstić information content (AvgIpc) is 2.65. The molecule has 1 aliphatic rings. The van der Waals surface area contributed by atoms with E-state index < -0.39 is 6.10 Å². The normalized spacial score (nSPS) is 20.3. The number of hydrogen-bond donors (Lipinski definition) is 2. The van der Waals surface area contributed by atoms with Crippen molar-refractivity contribution in [2.75, 3.05) is 0 Å². The van der Waals surface area contributed by atoms with Crippen LogP contribution in [0.5, 0.6) is 5.75 Å². The summed E-state index contributed by atoms with van der Waals surface area (Å²) in [5.41, 5.74) is 6.73. The van der Waals surface area contributed by atoms with Gasteiger partial charge in [0.1, 0.15) is 5.75 Å². The fraction of sp³-hybridized carbons (Fsp3) is 0.350. The number of amides is 1. The fourth-order valence-corrected chi connectivity index (χ4v) is 3.42. The molecule has 2 aromatic rings. The average molecular weight is 430 g/mol. The van der Waals surface area contributed by atoms with E-state index >= 15 is 0 Å². The van der Waals surface area contributed by atoms with Gasteiger partial charge in [-0.1, -0.05) is 53.5 Å². The highest BCUT2D eigenvalue weighted by molar-refractivity contribution is 6.42. The van der Waals surface area contributed by atoms with E-state index in [1.807, 2.05) is 30.3 Å². The predicted molar refractivity (Wildman–Crippen MR) is 112 cm³/mol. The van der Waals surface area contributed by atoms with E-state index in [9.17, 15) is 4.79 Å². The second-order valence-electron chi connectivity index (χ2n) is 6.60. The SMILES string of the molecule is Cl.NC1CCC(NC(=O)C(Oc2ccc(Cl)c(Cl)c2)c2ccccc2)CC1. The van der Waals surface area contributed by atoms with E-state index in [1.165, 1.54) is 0 Å². The van der Waals surface area contributed by atoms with Gasteiger partial charge in [-0.25, -0.2) is 0 Å². The summed E-state index contributed by atoms with van der Waals surface area (Å²) in [4.78, 5) is 12.9. The number of nitrogens with one attached hydrogen (secondary N) is 1. The number of carbonyl (C=O) groups excluding carboxylic acids is 1. The Kier molecular flexibility index (Phi) is 8.24. The van der Waals surface area contributed by atoms with E-state index in [-0.39, 0.29) is 30.4 Å². The van der Waals surface area contributed by atoms with Crippen LogP contribution in [-0.2, 0) is 4.79 Å². The van der Waals surface area contributed by atoms with Gasteiger partial charge >= 0.3 is 0 Å². The van der Waals surface area contributed by atoms with E-state index in [0.29, 0.717) is 15.8 Å². The largest absolute Gasteiger partial charge is 0.476 e. The van der Waals surface area contributed by atoms with Crippen LogP contribution in [0.4, 0.5) is 0 Å². The van der Waals surface area contributed by atoms with Gasteiger partial charge in [-0.15, -0.1) is 12.4 Å². The lowest BCUT2D eigenvalue weighted by Crippen LogP contribution is -2.43. The summed E-state index contributed by atoms with van der Waals surface area (Å²) in [6.45, 7) is 0. The molecule has 0 saturated heterocycles. The highest BCUT2D eigenvalue weighted by Gasteiger charge is 2.27. The first kappa shape index (κ1) is 21.8. The molecule has 0 aromatic heterocycles. The molecular weight excluding hydrogens is 407 g/mol. The van der Waals surface area contributed by atoms with Crippen LogP contribution >= 0.6 is 35.6 Å². The van der Waals surface area contributed by atoms with Gasteiger partial charge in [-0.05, 0) is 37.8 Å². The van der Waals surface area contributed by atoms with E-state index in [2.05, 4.69) is 5.32 Å². The van der Waals surface area contributed by atoms with Gasteiger partial charge < -0.3 is 15.8 Å². The molecule has 0 bridgehead atoms. The fourth-order valence-electron chi connectivity index (χ4n) is 3.13. The van der Waals surface area contributed by atoms with Crippen LogP contribution in [0.2, 0.25) is 10.0 Å². The summed E-state index contributed by atoms with van der Waals surface area (Å²) in [7, 11) is 0. The molecule has 7 heteroatoms. The summed E-state index contributed by atoms with van der Waals surface area (Å²) in [5.74, 6) is 0.330. The van der Waals surface area contributed by atoms with Gasteiger partial charge in [0.25, 0.3) is 5.91 Å². The minimum absolute atomic E-state index is 0. The maximum atomic E-state index is 12.9. The molecule has 1 atom stereocenters. The van der Waals surface area contributed by atoms with Crippen LogP contribution in [0, 0.1) is 0 Å². The van der Waals surface area contributed by atoms with E-state index in [1.54, 1.807) is 18.2 Å². The lowest BCUT2D eigenvalue weighted by atomic mass is 9.91. The second kappa shape index (κ2) is 10.2. The van der Waals surface area contributed by atoms with Crippen LogP contribution in [0.25, 0.3) is 0 Å². The molecular formula is C20H23Cl3N2O2. The molecule has 1 fully saturated rings. The molecule has 27 heavy (non-hydrogen) atoms. The van der Waals surface area contributed by atoms with Crippen LogP contribution in [0.1, 0.15) is 37.4 Å². The summed E-state index contributed by atoms with van der Waals surface area (Å²) in [6.07, 6.45) is 2.87. The van der Waals surface area contributed by atoms with Gasteiger partial charge in [-0.2, -0.15) is 0 Å². The molecule has 1 amide bonds. The monoisotopic (exact) mass is 428 g/mol. The van der Waals surface area contributed by atoms with Gasteiger partial charge in [0.05, 0.1) is 10.0 Å². The Labute approximate surface area is 175 Å². The first-order valence-electron chi connectivity index (χ1n) is 8.75. The molecule has 146 valence electrons. The van der Waals surface area contributed by atoms with Crippen molar-refractivity contribution in [1.29, 1.82) is 0 Å². The summed E-state index contributed by atoms with van der Waals surface area (Å²) in [5, 5.41) is 3.94. The molecule has 0 heterocycles. The number of rotatable bonds is 5. The number of nitrogens with two attached hydrogens (primary N) is 1. The number of hydrogen-bond acceptors (Lipinski definition) is 3. The molecule has 3 N–H and O–H groups in total. The molecule has 1 aliphatic carbocycles. The first-order chi connectivity index (χ1) is 12.5. The highest BCUT2D eigenvalue weighted by atomic mass is 35.5. The second-order valence-corrected chi connectivity index (χ2v) is 7.42. The zero-order chi connectivity index (χ0) is 18.5. The quantitative estimate of drug-likeness (QED) is 0.709. The van der Waals surface area contributed by atoms with Crippen LogP contribution in [-0.4, -0.2) is 18.0 Å². The van der Waals surface area contributed by atoms with E-state index in [0.717, 1.165) is 31.2 Å². The van der Waals surface area contributed by atoms with Crippen LogP contribution < -0.4 is 15.8 Å². The molecule has 1 unspecified atom stereocenters. The zero-order valence-electron chi connectivity index (χ0n) is 14.7. The van der Waals surface area contributed by atoms with Crippen molar-refractivity contribution in [3.8, 4) is 5.75 Å². The Morgan fingerprint density at radius 1 is 1.04 bits per heavy atom. The summed E-state index contributed by atoms with van der Waals surface area (Å²) < 4.78 is 5.98. The highest BCUT2D eigenvalue weighted by Crippen LogP contribution is 2.30. The van der Waals surface area contributed by atoms with Gasteiger partial charge in [0.15, 0.2) is 0 Å². The van der Waals surface area contributed by atoms with Gasteiger partial charge in [0, 0.05) is 23.7 Å². The van der Waals surface area contributed by atoms with Crippen molar-refractivity contribution < 1.29 is 9.53 Å². The predicted octanol–water partition coefficient (Wildman–Crippen LogP) is 4.92. The Morgan fingerprint density at radius 3 is 2.33 bits per heavy atom. The third-order valence-electron chi connectivity index (χ3n) is 4.60. The molecule has 4 nitrogen and oxygen atoms in total. The smallest absolute Gasteiger partial charge is 0.266 e. The standard InChI is InChI=1S/C20H22Cl2N2O2.ClH/c21-17-11-10-16(12-18(17)22)26-19(13-4-2-1-3-5-13)20(25)24-15-8-6-14(23)7-9-15;/h1-5,10-12,14-15,19H,6-9,23H2,(H,24,25);1H. The Bertz CT molecular complexity index is 750. The lowest BCUT2D eigenvalue weighted by Gasteiger charge is -2.28. The number of benzene rings is 2. The van der Waals surface area contributed by atoms with Crippen LogP contribution in [0.3, 0.4) is 0 Å². The lowest BCUT2D eigenvalue weighted by molar-refractivity contribution is -0.129. The minimum atomic E-state index is -0.760. The summed E-state index contributed by atoms with van der Waals surface area (Å²) in [6, 6.07) is 14.8. The zero-order valence-corrected chi connectivity index (χ0v) is 17.1. The molecule has 1 saturated carbocycles. The Hall–Kier alpha value is -1.46. The number of carbonyl (C=O) groups is 1. The van der Waals surface area contributed by atoms with Crippen LogP contribution in [0.15, 0.2) is 48.5 Å².